The summed E-state index contributed by atoms with van der Waals surface area (Å²) in [5.41, 5.74) is 2.07. The van der Waals surface area contributed by atoms with E-state index in [-0.39, 0.29) is 0 Å². The summed E-state index contributed by atoms with van der Waals surface area (Å²) in [6.45, 7) is 1.84. The summed E-state index contributed by atoms with van der Waals surface area (Å²) in [6, 6.07) is 9.85. The number of nitrogens with zero attached hydrogens (tertiary/aromatic N) is 5. The van der Waals surface area contributed by atoms with Crippen molar-refractivity contribution in [2.75, 3.05) is 0 Å². The molecule has 76 valence electrons. The molecular formula is C11H7N5. The van der Waals surface area contributed by atoms with E-state index in [2.05, 4.69) is 21.6 Å². The van der Waals surface area contributed by atoms with E-state index in [1.165, 1.54) is 0 Å². The molecule has 0 aliphatic heterocycles. The largest absolute Gasteiger partial charge is 0.196 e. The van der Waals surface area contributed by atoms with Gasteiger partial charge >= 0.3 is 0 Å². The van der Waals surface area contributed by atoms with E-state index < -0.39 is 0 Å². The topological polar surface area (TPSA) is 66.9 Å². The molecule has 0 aliphatic rings. The number of fused-ring (bicyclic) bond motifs is 3. The minimum Gasteiger partial charge on any atom is -0.196 e. The van der Waals surface area contributed by atoms with Crippen molar-refractivity contribution in [3.8, 4) is 6.07 Å². The number of hydrogen-bond donors (Lipinski definition) is 0. The van der Waals surface area contributed by atoms with Gasteiger partial charge in [-0.25, -0.2) is 0 Å². The van der Waals surface area contributed by atoms with Crippen molar-refractivity contribution in [1.29, 1.82) is 5.26 Å². The SMILES string of the molecule is Cc1c(C#N)c2ccccc2c2nnnn12. The van der Waals surface area contributed by atoms with Gasteiger partial charge in [-0.1, -0.05) is 24.3 Å². The average molecular weight is 209 g/mol. The second-order valence-corrected chi connectivity index (χ2v) is 3.53. The monoisotopic (exact) mass is 209 g/mol. The van der Waals surface area contributed by atoms with E-state index in [1.807, 2.05) is 31.2 Å². The maximum Gasteiger partial charge on any atom is 0.187 e. The number of hydrogen-bond acceptors (Lipinski definition) is 4. The van der Waals surface area contributed by atoms with Crippen LogP contribution in [0.1, 0.15) is 11.3 Å². The van der Waals surface area contributed by atoms with Crippen molar-refractivity contribution in [1.82, 2.24) is 20.0 Å². The van der Waals surface area contributed by atoms with Gasteiger partial charge in [-0.05, 0) is 17.4 Å². The second kappa shape index (κ2) is 3.00. The van der Waals surface area contributed by atoms with Crippen LogP contribution in [0.5, 0.6) is 0 Å². The predicted molar refractivity (Wildman–Crippen MR) is 57.7 cm³/mol. The Kier molecular flexibility index (Phi) is 1.65. The Labute approximate surface area is 90.9 Å². The molecule has 0 N–H and O–H groups in total. The average Bonchev–Trinajstić information content (AvgIpc) is 2.79. The van der Waals surface area contributed by atoms with Crippen molar-refractivity contribution in [3.05, 3.63) is 35.5 Å². The summed E-state index contributed by atoms with van der Waals surface area (Å²) in [4.78, 5) is 0. The molecule has 3 rings (SSSR count). The van der Waals surface area contributed by atoms with Crippen LogP contribution >= 0.6 is 0 Å². The Hall–Kier alpha value is -2.48. The molecule has 3 aromatic rings. The Morgan fingerprint density at radius 3 is 2.75 bits per heavy atom. The molecule has 0 atom stereocenters. The third kappa shape index (κ3) is 0.956. The number of aromatic nitrogens is 4. The van der Waals surface area contributed by atoms with E-state index in [0.29, 0.717) is 11.2 Å². The molecule has 0 unspecified atom stereocenters. The normalized spacial score (nSPS) is 10.8. The van der Waals surface area contributed by atoms with Crippen LogP contribution in [0.15, 0.2) is 24.3 Å². The lowest BCUT2D eigenvalue weighted by molar-refractivity contribution is 0.803. The van der Waals surface area contributed by atoms with Gasteiger partial charge in [0.15, 0.2) is 5.65 Å². The number of aryl methyl sites for hydroxylation is 1. The summed E-state index contributed by atoms with van der Waals surface area (Å²) in [7, 11) is 0. The van der Waals surface area contributed by atoms with Gasteiger partial charge in [-0.3, -0.25) is 0 Å². The zero-order valence-corrected chi connectivity index (χ0v) is 8.55. The van der Waals surface area contributed by atoms with Crippen molar-refractivity contribution >= 4 is 16.4 Å². The lowest BCUT2D eigenvalue weighted by atomic mass is 10.1. The zero-order chi connectivity index (χ0) is 11.1. The smallest absolute Gasteiger partial charge is 0.187 e. The summed E-state index contributed by atoms with van der Waals surface area (Å²) >= 11 is 0. The van der Waals surface area contributed by atoms with Crippen LogP contribution in [-0.2, 0) is 0 Å². The number of benzene rings is 1. The maximum atomic E-state index is 9.18. The lowest BCUT2D eigenvalue weighted by Gasteiger charge is -2.05. The third-order valence-electron chi connectivity index (χ3n) is 2.70. The highest BCUT2D eigenvalue weighted by Crippen LogP contribution is 2.24. The highest BCUT2D eigenvalue weighted by atomic mass is 15.5. The second-order valence-electron chi connectivity index (χ2n) is 3.53. The first-order chi connectivity index (χ1) is 7.83. The summed E-state index contributed by atoms with van der Waals surface area (Å²) in [6.07, 6.45) is 0. The van der Waals surface area contributed by atoms with E-state index in [4.69, 9.17) is 0 Å². The molecule has 5 nitrogen and oxygen atoms in total. The van der Waals surface area contributed by atoms with Crippen LogP contribution in [-0.4, -0.2) is 20.0 Å². The fourth-order valence-corrected chi connectivity index (χ4v) is 1.92. The van der Waals surface area contributed by atoms with Crippen LogP contribution in [0.25, 0.3) is 16.4 Å². The van der Waals surface area contributed by atoms with Crippen molar-refractivity contribution < 1.29 is 0 Å². The molecule has 0 fully saturated rings. The van der Waals surface area contributed by atoms with E-state index in [0.717, 1.165) is 16.5 Å². The van der Waals surface area contributed by atoms with Crippen LogP contribution in [0.2, 0.25) is 0 Å². The van der Waals surface area contributed by atoms with Gasteiger partial charge in [-0.15, -0.1) is 5.10 Å². The Balaban J connectivity index is 2.71. The van der Waals surface area contributed by atoms with Gasteiger partial charge < -0.3 is 0 Å². The number of nitriles is 1. The van der Waals surface area contributed by atoms with E-state index >= 15 is 0 Å². The van der Waals surface area contributed by atoms with Gasteiger partial charge in [0.05, 0.1) is 11.3 Å². The van der Waals surface area contributed by atoms with Crippen LogP contribution in [0.3, 0.4) is 0 Å². The van der Waals surface area contributed by atoms with Gasteiger partial charge in [0.2, 0.25) is 0 Å². The number of tetrazole rings is 1. The van der Waals surface area contributed by atoms with E-state index in [9.17, 15) is 5.26 Å². The fraction of sp³-hybridized carbons (Fsp3) is 0.0909. The molecule has 0 radical (unpaired) electrons. The molecule has 5 heteroatoms. The minimum absolute atomic E-state index is 0.621. The quantitative estimate of drug-likeness (QED) is 0.562. The lowest BCUT2D eigenvalue weighted by Crippen LogP contribution is -1.99. The van der Waals surface area contributed by atoms with Crippen LogP contribution in [0.4, 0.5) is 0 Å². The molecule has 0 saturated carbocycles. The molecular weight excluding hydrogens is 202 g/mol. The minimum atomic E-state index is 0.621. The fourth-order valence-electron chi connectivity index (χ4n) is 1.92. The molecule has 0 spiro atoms. The molecule has 0 amide bonds. The van der Waals surface area contributed by atoms with E-state index in [1.54, 1.807) is 4.52 Å². The number of rotatable bonds is 0. The van der Waals surface area contributed by atoms with Crippen LogP contribution in [0, 0.1) is 18.3 Å². The Bertz CT molecular complexity index is 735. The molecule has 0 bridgehead atoms. The number of pyridine rings is 1. The van der Waals surface area contributed by atoms with Crippen molar-refractivity contribution in [2.24, 2.45) is 0 Å². The predicted octanol–water partition coefficient (Wildman–Crippen LogP) is 1.46. The molecule has 16 heavy (non-hydrogen) atoms. The first-order valence-electron chi connectivity index (χ1n) is 4.82. The third-order valence-corrected chi connectivity index (χ3v) is 2.70. The summed E-state index contributed by atoms with van der Waals surface area (Å²) < 4.78 is 1.60. The summed E-state index contributed by atoms with van der Waals surface area (Å²) in [5.74, 6) is 0. The highest BCUT2D eigenvalue weighted by molar-refractivity contribution is 5.97. The Morgan fingerprint density at radius 2 is 2.00 bits per heavy atom. The van der Waals surface area contributed by atoms with Gasteiger partial charge in [-0.2, -0.15) is 9.78 Å². The van der Waals surface area contributed by atoms with Gasteiger partial charge in [0, 0.05) is 10.8 Å². The van der Waals surface area contributed by atoms with Gasteiger partial charge in [0.1, 0.15) is 6.07 Å². The molecule has 1 aromatic carbocycles. The van der Waals surface area contributed by atoms with Crippen molar-refractivity contribution in [3.63, 3.8) is 0 Å². The Morgan fingerprint density at radius 1 is 1.25 bits per heavy atom. The molecule has 2 aromatic heterocycles. The highest BCUT2D eigenvalue weighted by Gasteiger charge is 2.12. The summed E-state index contributed by atoms with van der Waals surface area (Å²) in [5, 5.41) is 22.5. The molecule has 0 saturated heterocycles. The molecule has 2 heterocycles. The van der Waals surface area contributed by atoms with Crippen molar-refractivity contribution in [2.45, 2.75) is 6.92 Å². The zero-order valence-electron chi connectivity index (χ0n) is 8.55. The van der Waals surface area contributed by atoms with Crippen LogP contribution < -0.4 is 0 Å². The van der Waals surface area contributed by atoms with Gasteiger partial charge in [0.25, 0.3) is 0 Å². The first-order valence-corrected chi connectivity index (χ1v) is 4.82. The molecule has 0 aliphatic carbocycles. The maximum absolute atomic E-state index is 9.18. The first kappa shape index (κ1) is 8.80. The standard InChI is InChI=1S/C11H7N5/c1-7-10(6-12)8-4-2-3-5-9(8)11-13-14-15-16(7)11/h2-5H,1H3.